The zero-order valence-corrected chi connectivity index (χ0v) is 9.82. The highest BCUT2D eigenvalue weighted by atomic mass is 35.5. The van der Waals surface area contributed by atoms with Crippen LogP contribution in [0.4, 0.5) is 5.69 Å². The molecule has 90 valence electrons. The van der Waals surface area contributed by atoms with Crippen molar-refractivity contribution >= 4 is 23.3 Å². The maximum atomic E-state index is 10.7. The molecule has 0 radical (unpaired) electrons. The minimum Gasteiger partial charge on any atom is -0.479 e. The smallest absolute Gasteiger partial charge is 0.337 e. The molecule has 5 nitrogen and oxygen atoms in total. The molecule has 0 saturated heterocycles. The standard InChI is InChI=1S/C11H11ClN2O3/c1-11(17,10(15)16)6-14-9-3-2-7(5-13)4-8(9)12/h2-4,14,17H,6H2,1H3,(H,15,16). The zero-order valence-electron chi connectivity index (χ0n) is 9.07. The first kappa shape index (κ1) is 13.3. The molecule has 3 N–H and O–H groups in total. The SMILES string of the molecule is CC(O)(CNc1ccc(C#N)cc1Cl)C(=O)O. The Balaban J connectivity index is 2.78. The predicted molar refractivity (Wildman–Crippen MR) is 62.9 cm³/mol. The Bertz CT molecular complexity index is 480. The fourth-order valence-corrected chi connectivity index (χ4v) is 1.32. The third-order valence-corrected chi connectivity index (χ3v) is 2.49. The lowest BCUT2D eigenvalue weighted by Crippen LogP contribution is -2.41. The van der Waals surface area contributed by atoms with E-state index in [1.54, 1.807) is 12.1 Å². The molecule has 1 aromatic rings. The van der Waals surface area contributed by atoms with Crippen molar-refractivity contribution in [1.29, 1.82) is 5.26 Å². The topological polar surface area (TPSA) is 93.4 Å². The summed E-state index contributed by atoms with van der Waals surface area (Å²) in [4.78, 5) is 10.7. The summed E-state index contributed by atoms with van der Waals surface area (Å²) in [5.74, 6) is -1.32. The Hall–Kier alpha value is -1.77. The number of nitrogens with one attached hydrogen (secondary N) is 1. The average Bonchev–Trinajstić information content (AvgIpc) is 2.27. The van der Waals surface area contributed by atoms with E-state index in [0.29, 0.717) is 16.3 Å². The first-order valence-corrected chi connectivity index (χ1v) is 5.14. The van der Waals surface area contributed by atoms with Gasteiger partial charge in [0.2, 0.25) is 0 Å². The number of carbonyl (C=O) groups is 1. The second-order valence-corrected chi connectivity index (χ2v) is 4.15. The molecule has 1 atom stereocenters. The van der Waals surface area contributed by atoms with Gasteiger partial charge in [-0.3, -0.25) is 0 Å². The molecule has 0 aliphatic rings. The van der Waals surface area contributed by atoms with Gasteiger partial charge in [-0.2, -0.15) is 5.26 Å². The predicted octanol–water partition coefficient (Wildman–Crippen LogP) is 1.46. The first-order valence-electron chi connectivity index (χ1n) is 4.76. The quantitative estimate of drug-likeness (QED) is 0.756. The molecule has 0 saturated carbocycles. The van der Waals surface area contributed by atoms with Crippen molar-refractivity contribution in [2.24, 2.45) is 0 Å². The van der Waals surface area contributed by atoms with Crippen LogP contribution in [-0.2, 0) is 4.79 Å². The molecule has 0 bridgehead atoms. The van der Waals surface area contributed by atoms with E-state index in [9.17, 15) is 9.90 Å². The monoisotopic (exact) mass is 254 g/mol. The van der Waals surface area contributed by atoms with Crippen molar-refractivity contribution in [3.63, 3.8) is 0 Å². The van der Waals surface area contributed by atoms with Crippen LogP contribution in [0.25, 0.3) is 0 Å². The Kier molecular flexibility index (Phi) is 3.94. The highest BCUT2D eigenvalue weighted by Crippen LogP contribution is 2.23. The lowest BCUT2D eigenvalue weighted by molar-refractivity contribution is -0.155. The number of nitrogens with zero attached hydrogens (tertiary/aromatic N) is 1. The Labute approximate surface area is 103 Å². The highest BCUT2D eigenvalue weighted by molar-refractivity contribution is 6.33. The van der Waals surface area contributed by atoms with E-state index in [1.807, 2.05) is 6.07 Å². The van der Waals surface area contributed by atoms with Gasteiger partial charge in [-0.1, -0.05) is 11.6 Å². The van der Waals surface area contributed by atoms with Crippen LogP contribution in [0.1, 0.15) is 12.5 Å². The lowest BCUT2D eigenvalue weighted by Gasteiger charge is -2.19. The van der Waals surface area contributed by atoms with Crippen molar-refractivity contribution in [1.82, 2.24) is 0 Å². The molecule has 0 amide bonds. The number of halogens is 1. The Morgan fingerprint density at radius 2 is 2.29 bits per heavy atom. The third kappa shape index (κ3) is 3.34. The van der Waals surface area contributed by atoms with E-state index in [0.717, 1.165) is 0 Å². The lowest BCUT2D eigenvalue weighted by atomic mass is 10.1. The summed E-state index contributed by atoms with van der Waals surface area (Å²) in [6.45, 7) is 0.994. The molecule has 1 unspecified atom stereocenters. The van der Waals surface area contributed by atoms with Gasteiger partial charge in [0.25, 0.3) is 0 Å². The molecule has 1 rings (SSSR count). The molecule has 1 aromatic carbocycles. The number of nitriles is 1. The van der Waals surface area contributed by atoms with Gasteiger partial charge in [0, 0.05) is 0 Å². The largest absolute Gasteiger partial charge is 0.479 e. The average molecular weight is 255 g/mol. The number of rotatable bonds is 4. The molecule has 17 heavy (non-hydrogen) atoms. The van der Waals surface area contributed by atoms with Crippen LogP contribution < -0.4 is 5.32 Å². The fourth-order valence-electron chi connectivity index (χ4n) is 1.07. The second kappa shape index (κ2) is 5.04. The van der Waals surface area contributed by atoms with E-state index in [4.69, 9.17) is 22.0 Å². The number of aliphatic carboxylic acids is 1. The zero-order chi connectivity index (χ0) is 13.1. The number of aliphatic hydroxyl groups is 1. The van der Waals surface area contributed by atoms with Crippen molar-refractivity contribution < 1.29 is 15.0 Å². The summed E-state index contributed by atoms with van der Waals surface area (Å²) in [5, 5.41) is 29.8. The van der Waals surface area contributed by atoms with Gasteiger partial charge in [-0.05, 0) is 25.1 Å². The van der Waals surface area contributed by atoms with Gasteiger partial charge in [-0.25, -0.2) is 4.79 Å². The highest BCUT2D eigenvalue weighted by Gasteiger charge is 2.29. The van der Waals surface area contributed by atoms with E-state index in [-0.39, 0.29) is 6.54 Å². The molecule has 6 heteroatoms. The number of anilines is 1. The van der Waals surface area contributed by atoms with Crippen LogP contribution in [0.15, 0.2) is 18.2 Å². The van der Waals surface area contributed by atoms with E-state index >= 15 is 0 Å². The molecule has 0 aliphatic heterocycles. The maximum absolute atomic E-state index is 10.7. The van der Waals surface area contributed by atoms with Crippen LogP contribution in [0.3, 0.4) is 0 Å². The molecule has 0 aliphatic carbocycles. The molecule has 0 aromatic heterocycles. The summed E-state index contributed by atoms with van der Waals surface area (Å²) in [6, 6.07) is 6.49. The minimum absolute atomic E-state index is 0.187. The summed E-state index contributed by atoms with van der Waals surface area (Å²) in [6.07, 6.45) is 0. The third-order valence-electron chi connectivity index (χ3n) is 2.18. The molecule has 0 spiro atoms. The summed E-state index contributed by atoms with van der Waals surface area (Å²) in [7, 11) is 0. The molecule has 0 fully saturated rings. The van der Waals surface area contributed by atoms with Gasteiger partial charge in [0.15, 0.2) is 5.60 Å². The summed E-state index contributed by atoms with van der Waals surface area (Å²) >= 11 is 5.87. The fraction of sp³-hybridized carbons (Fsp3) is 0.273. The number of carboxylic acid groups (broad SMARTS) is 1. The van der Waals surface area contributed by atoms with Gasteiger partial charge < -0.3 is 15.5 Å². The number of benzene rings is 1. The number of hydrogen-bond donors (Lipinski definition) is 3. The van der Waals surface area contributed by atoms with Gasteiger partial charge in [0.05, 0.1) is 28.9 Å². The summed E-state index contributed by atoms with van der Waals surface area (Å²) in [5.41, 5.74) is -1.00. The van der Waals surface area contributed by atoms with Crippen molar-refractivity contribution in [2.75, 3.05) is 11.9 Å². The number of hydrogen-bond acceptors (Lipinski definition) is 4. The Morgan fingerprint density at radius 1 is 1.65 bits per heavy atom. The van der Waals surface area contributed by atoms with Crippen molar-refractivity contribution in [2.45, 2.75) is 12.5 Å². The summed E-state index contributed by atoms with van der Waals surface area (Å²) < 4.78 is 0. The van der Waals surface area contributed by atoms with Gasteiger partial charge >= 0.3 is 5.97 Å². The van der Waals surface area contributed by atoms with Gasteiger partial charge in [0.1, 0.15) is 0 Å². The van der Waals surface area contributed by atoms with Crippen molar-refractivity contribution in [3.8, 4) is 6.07 Å². The molecule has 0 heterocycles. The first-order chi connectivity index (χ1) is 7.86. The Morgan fingerprint density at radius 3 is 2.76 bits per heavy atom. The molecular formula is C11H11ClN2O3. The second-order valence-electron chi connectivity index (χ2n) is 3.74. The van der Waals surface area contributed by atoms with Gasteiger partial charge in [-0.15, -0.1) is 0 Å². The van der Waals surface area contributed by atoms with Crippen LogP contribution in [-0.4, -0.2) is 28.3 Å². The maximum Gasteiger partial charge on any atom is 0.337 e. The van der Waals surface area contributed by atoms with Crippen molar-refractivity contribution in [3.05, 3.63) is 28.8 Å². The van der Waals surface area contributed by atoms with E-state index in [1.165, 1.54) is 13.0 Å². The van der Waals surface area contributed by atoms with E-state index < -0.39 is 11.6 Å². The van der Waals surface area contributed by atoms with Crippen LogP contribution >= 0.6 is 11.6 Å². The van der Waals surface area contributed by atoms with E-state index in [2.05, 4.69) is 5.32 Å². The number of carboxylic acids is 1. The normalized spacial score (nSPS) is 13.5. The van der Waals surface area contributed by atoms with Crippen LogP contribution in [0.5, 0.6) is 0 Å². The van der Waals surface area contributed by atoms with Crippen LogP contribution in [0, 0.1) is 11.3 Å². The van der Waals surface area contributed by atoms with Crippen LogP contribution in [0.2, 0.25) is 5.02 Å². The minimum atomic E-state index is -1.88. The molecular weight excluding hydrogens is 244 g/mol.